The molecule has 0 fully saturated rings. The van der Waals surface area contributed by atoms with Gasteiger partial charge in [0.05, 0.1) is 4.75 Å². The monoisotopic (exact) mass is 569 g/mol. The van der Waals surface area contributed by atoms with Gasteiger partial charge in [-0.2, -0.15) is 0 Å². The Kier molecular flexibility index (Phi) is 8.16. The smallest absolute Gasteiger partial charge is 0.409 e. The van der Waals surface area contributed by atoms with Crippen molar-refractivity contribution in [2.75, 3.05) is 20.2 Å². The number of thioether (sulfide) groups is 1. The number of amides is 1. The van der Waals surface area contributed by atoms with Crippen molar-refractivity contribution in [3.63, 3.8) is 0 Å². The van der Waals surface area contributed by atoms with Gasteiger partial charge in [0.25, 0.3) is 0 Å². The largest absolute Gasteiger partial charge is 0.448 e. The second kappa shape index (κ2) is 12.3. The molecule has 0 saturated heterocycles. The Balaban J connectivity index is 1.21. The van der Waals surface area contributed by atoms with Gasteiger partial charge in [0.2, 0.25) is 0 Å². The molecule has 42 heavy (non-hydrogen) atoms. The number of hydrogen-bond donors (Lipinski definition) is 0. The molecular formula is C38H35NO2S. The van der Waals surface area contributed by atoms with Crippen LogP contribution < -0.4 is 0 Å². The number of nitrogens with zero attached hydrogens (tertiary/aromatic N) is 1. The first kappa shape index (κ1) is 27.9. The molecule has 1 amide bonds. The minimum absolute atomic E-state index is 0.0449. The summed E-state index contributed by atoms with van der Waals surface area (Å²) >= 11 is 1.87. The lowest BCUT2D eigenvalue weighted by Crippen LogP contribution is -2.36. The minimum Gasteiger partial charge on any atom is -0.448 e. The summed E-state index contributed by atoms with van der Waals surface area (Å²) in [5.41, 5.74) is 8.53. The molecule has 0 spiro atoms. The highest BCUT2D eigenvalue weighted by Gasteiger charge is 2.39. The molecule has 3 nitrogen and oxygen atoms in total. The molecule has 0 unspecified atom stereocenters. The Morgan fingerprint density at radius 1 is 0.690 bits per heavy atom. The highest BCUT2D eigenvalue weighted by molar-refractivity contribution is 8.01. The Hall–Kier alpha value is -4.28. The summed E-state index contributed by atoms with van der Waals surface area (Å²) in [4.78, 5) is 15.0. The summed E-state index contributed by atoms with van der Waals surface area (Å²) in [6.07, 6.45) is -0.297. The summed E-state index contributed by atoms with van der Waals surface area (Å²) in [5.74, 6) is 0.0449. The molecule has 4 heteroatoms. The second-order valence-corrected chi connectivity index (χ2v) is 12.5. The van der Waals surface area contributed by atoms with Crippen molar-refractivity contribution in [3.8, 4) is 11.1 Å². The van der Waals surface area contributed by atoms with E-state index in [4.69, 9.17) is 4.74 Å². The third-order valence-corrected chi connectivity index (χ3v) is 9.71. The van der Waals surface area contributed by atoms with Gasteiger partial charge in [0.1, 0.15) is 6.61 Å². The molecule has 1 aliphatic carbocycles. The number of ether oxygens (including phenoxy) is 1. The van der Waals surface area contributed by atoms with E-state index in [1.54, 1.807) is 4.90 Å². The van der Waals surface area contributed by atoms with Crippen LogP contribution in [0.15, 0.2) is 140 Å². The van der Waals surface area contributed by atoms with Gasteiger partial charge in [-0.15, -0.1) is 11.8 Å². The SMILES string of the molecule is C[C@H](CN(C)C(=O)OCC1c2ccccc2-c2ccccc21)SC(c1ccccc1)(c1ccccc1)c1ccccc1. The van der Waals surface area contributed by atoms with Crippen LogP contribution in [0.1, 0.15) is 40.7 Å². The summed E-state index contributed by atoms with van der Waals surface area (Å²) in [6.45, 7) is 3.07. The second-order valence-electron chi connectivity index (χ2n) is 10.9. The van der Waals surface area contributed by atoms with Gasteiger partial charge in [0, 0.05) is 24.8 Å². The number of rotatable bonds is 9. The molecule has 0 aromatic heterocycles. The molecule has 5 aromatic carbocycles. The van der Waals surface area contributed by atoms with Crippen molar-refractivity contribution in [3.05, 3.63) is 167 Å². The first-order valence-corrected chi connectivity index (χ1v) is 15.4. The predicted molar refractivity (Wildman–Crippen MR) is 174 cm³/mol. The van der Waals surface area contributed by atoms with Gasteiger partial charge >= 0.3 is 6.09 Å². The molecule has 0 saturated carbocycles. The molecule has 5 aromatic rings. The van der Waals surface area contributed by atoms with Crippen LogP contribution in [0, 0.1) is 0 Å². The summed E-state index contributed by atoms with van der Waals surface area (Å²) < 4.78 is 5.52. The van der Waals surface area contributed by atoms with Crippen LogP contribution in [0.5, 0.6) is 0 Å². The zero-order valence-corrected chi connectivity index (χ0v) is 24.8. The van der Waals surface area contributed by atoms with E-state index >= 15 is 0 Å². The fourth-order valence-electron chi connectivity index (χ4n) is 6.23. The predicted octanol–water partition coefficient (Wildman–Crippen LogP) is 8.98. The fraction of sp³-hybridized carbons (Fsp3) is 0.184. The van der Waals surface area contributed by atoms with Crippen LogP contribution in [0.2, 0.25) is 0 Å². The van der Waals surface area contributed by atoms with Gasteiger partial charge < -0.3 is 9.64 Å². The van der Waals surface area contributed by atoms with E-state index in [-0.39, 0.29) is 17.3 Å². The van der Waals surface area contributed by atoms with Gasteiger partial charge in [0.15, 0.2) is 0 Å². The summed E-state index contributed by atoms with van der Waals surface area (Å²) in [5, 5.41) is 0.108. The Morgan fingerprint density at radius 3 is 1.55 bits per heavy atom. The maximum absolute atomic E-state index is 13.3. The summed E-state index contributed by atoms with van der Waals surface area (Å²) in [7, 11) is 1.84. The average molecular weight is 570 g/mol. The van der Waals surface area contributed by atoms with Crippen LogP contribution >= 0.6 is 11.8 Å². The van der Waals surface area contributed by atoms with Crippen molar-refractivity contribution < 1.29 is 9.53 Å². The van der Waals surface area contributed by atoms with Crippen molar-refractivity contribution in [2.24, 2.45) is 0 Å². The fourth-order valence-corrected chi connectivity index (χ4v) is 7.94. The molecule has 210 valence electrons. The average Bonchev–Trinajstić information content (AvgIpc) is 3.37. The van der Waals surface area contributed by atoms with Crippen molar-refractivity contribution in [1.29, 1.82) is 0 Å². The van der Waals surface area contributed by atoms with E-state index in [1.165, 1.54) is 38.9 Å². The molecular weight excluding hydrogens is 534 g/mol. The molecule has 6 rings (SSSR count). The van der Waals surface area contributed by atoms with E-state index in [2.05, 4.69) is 146 Å². The van der Waals surface area contributed by atoms with Crippen molar-refractivity contribution in [1.82, 2.24) is 4.90 Å². The zero-order valence-electron chi connectivity index (χ0n) is 24.0. The Labute approximate surface area is 253 Å². The molecule has 0 radical (unpaired) electrons. The van der Waals surface area contributed by atoms with E-state index in [1.807, 2.05) is 18.8 Å². The Bertz CT molecular complexity index is 1500. The lowest BCUT2D eigenvalue weighted by molar-refractivity contribution is 0.109. The third-order valence-electron chi connectivity index (χ3n) is 8.10. The lowest BCUT2D eigenvalue weighted by Gasteiger charge is -2.38. The lowest BCUT2D eigenvalue weighted by atomic mass is 9.84. The first-order valence-electron chi connectivity index (χ1n) is 14.5. The van der Waals surface area contributed by atoms with E-state index in [9.17, 15) is 4.79 Å². The topological polar surface area (TPSA) is 29.5 Å². The highest BCUT2D eigenvalue weighted by atomic mass is 32.2. The summed E-state index contributed by atoms with van der Waals surface area (Å²) in [6, 6.07) is 48.8. The van der Waals surface area contributed by atoms with E-state index < -0.39 is 4.75 Å². The van der Waals surface area contributed by atoms with Crippen LogP contribution in [0.4, 0.5) is 4.79 Å². The standard InChI is InChI=1S/C38H35NO2S/c1-28(26-39(2)37(40)41-27-36-34-24-14-12-22-32(34)33-23-13-15-25-35(33)36)42-38(29-16-6-3-7-17-29,30-18-8-4-9-19-30)31-20-10-5-11-21-31/h3-25,28,36H,26-27H2,1-2H3/t28-/m1/s1. The highest BCUT2D eigenvalue weighted by Crippen LogP contribution is 2.50. The van der Waals surface area contributed by atoms with Gasteiger partial charge in [-0.3, -0.25) is 0 Å². The third kappa shape index (κ3) is 5.35. The van der Waals surface area contributed by atoms with Gasteiger partial charge in [-0.1, -0.05) is 146 Å². The normalized spacial score (nSPS) is 13.2. The number of fused-ring (bicyclic) bond motifs is 3. The molecule has 0 bridgehead atoms. The number of benzene rings is 5. The quantitative estimate of drug-likeness (QED) is 0.166. The number of carbonyl (C=O) groups is 1. The number of hydrogen-bond acceptors (Lipinski definition) is 3. The maximum Gasteiger partial charge on any atom is 0.409 e. The van der Waals surface area contributed by atoms with Crippen molar-refractivity contribution in [2.45, 2.75) is 22.8 Å². The van der Waals surface area contributed by atoms with E-state index in [0.29, 0.717) is 13.2 Å². The van der Waals surface area contributed by atoms with Crippen LogP contribution in [0.3, 0.4) is 0 Å². The Morgan fingerprint density at radius 2 is 1.10 bits per heavy atom. The molecule has 0 heterocycles. The molecule has 1 aliphatic rings. The van der Waals surface area contributed by atoms with Crippen LogP contribution in [-0.2, 0) is 9.48 Å². The van der Waals surface area contributed by atoms with Gasteiger partial charge in [-0.25, -0.2) is 4.79 Å². The van der Waals surface area contributed by atoms with E-state index in [0.717, 1.165) is 0 Å². The first-order chi connectivity index (χ1) is 20.6. The maximum atomic E-state index is 13.3. The molecule has 1 atom stereocenters. The van der Waals surface area contributed by atoms with Gasteiger partial charge in [-0.05, 0) is 38.9 Å². The van der Waals surface area contributed by atoms with Crippen LogP contribution in [-0.4, -0.2) is 36.4 Å². The van der Waals surface area contributed by atoms with Crippen molar-refractivity contribution >= 4 is 17.9 Å². The zero-order chi connectivity index (χ0) is 28.9. The minimum atomic E-state index is -0.439. The molecule has 0 aliphatic heterocycles. The number of carbonyl (C=O) groups excluding carboxylic acids is 1. The van der Waals surface area contributed by atoms with Crippen LogP contribution in [0.25, 0.3) is 11.1 Å². The molecule has 0 N–H and O–H groups in total.